The van der Waals surface area contributed by atoms with Crippen molar-refractivity contribution in [3.63, 3.8) is 0 Å². The van der Waals surface area contributed by atoms with E-state index in [1.54, 1.807) is 0 Å². The maximum absolute atomic E-state index is 11.9. The van der Waals surface area contributed by atoms with Crippen molar-refractivity contribution in [1.29, 1.82) is 0 Å². The van der Waals surface area contributed by atoms with Gasteiger partial charge in [0.2, 0.25) is 5.91 Å². The van der Waals surface area contributed by atoms with Gasteiger partial charge in [0, 0.05) is 25.6 Å². The van der Waals surface area contributed by atoms with Crippen LogP contribution in [0.4, 0.5) is 13.2 Å². The number of aliphatic carboxylic acids is 1. The summed E-state index contributed by atoms with van der Waals surface area (Å²) in [7, 11) is 0. The summed E-state index contributed by atoms with van der Waals surface area (Å²) < 4.78 is 37.9. The number of amides is 1. The fraction of sp³-hybridized carbons (Fsp3) is 0.652. The number of ether oxygens (including phenoxy) is 1. The first-order valence-corrected chi connectivity index (χ1v) is 10.8. The van der Waals surface area contributed by atoms with Crippen LogP contribution in [0.25, 0.3) is 0 Å². The Balaban J connectivity index is 0.000000451. The highest BCUT2D eigenvalue weighted by atomic mass is 19.4. The minimum Gasteiger partial charge on any atom is -0.475 e. The van der Waals surface area contributed by atoms with E-state index in [4.69, 9.17) is 14.6 Å². The standard InChI is InChI=1S/C21H32N2O2.C2HF3O2/c1-15(2)20(24)22-19-12-21(25-14-19)5-7-23(8-6-21)13-18-10-16(3)9-17(4)11-18;3-2(4,5)1(6)7/h9-11,15,19H,5-8,12-14H2,1-4H3,(H,22,24);(H,6,7). The number of carboxylic acid groups (broad SMARTS) is 1. The Morgan fingerprint density at radius 1 is 1.19 bits per heavy atom. The Hall–Kier alpha value is -2.13. The van der Waals surface area contributed by atoms with Gasteiger partial charge in [-0.2, -0.15) is 13.2 Å². The Morgan fingerprint density at radius 2 is 1.72 bits per heavy atom. The molecule has 0 bridgehead atoms. The van der Waals surface area contributed by atoms with Crippen LogP contribution in [-0.2, 0) is 20.9 Å². The lowest BCUT2D eigenvalue weighted by molar-refractivity contribution is -0.192. The van der Waals surface area contributed by atoms with Gasteiger partial charge in [-0.25, -0.2) is 4.79 Å². The maximum atomic E-state index is 11.9. The highest BCUT2D eigenvalue weighted by Gasteiger charge is 2.43. The van der Waals surface area contributed by atoms with Gasteiger partial charge >= 0.3 is 12.1 Å². The molecule has 1 spiro atoms. The Morgan fingerprint density at radius 3 is 2.19 bits per heavy atom. The summed E-state index contributed by atoms with van der Waals surface area (Å²) in [6.07, 6.45) is -2.00. The topological polar surface area (TPSA) is 78.9 Å². The molecule has 1 aromatic carbocycles. The molecule has 1 unspecified atom stereocenters. The molecule has 2 fully saturated rings. The van der Waals surface area contributed by atoms with Crippen LogP contribution in [0.2, 0.25) is 0 Å². The van der Waals surface area contributed by atoms with Crippen molar-refractivity contribution in [2.75, 3.05) is 19.7 Å². The lowest BCUT2D eigenvalue weighted by Gasteiger charge is -2.38. The molecule has 32 heavy (non-hydrogen) atoms. The molecule has 6 nitrogen and oxygen atoms in total. The first kappa shape index (κ1) is 26.1. The summed E-state index contributed by atoms with van der Waals surface area (Å²) in [4.78, 5) is 23.3. The Labute approximate surface area is 187 Å². The second kappa shape index (κ2) is 10.7. The summed E-state index contributed by atoms with van der Waals surface area (Å²) >= 11 is 0. The average molecular weight is 459 g/mol. The molecule has 180 valence electrons. The number of aryl methyl sites for hydroxylation is 2. The van der Waals surface area contributed by atoms with Crippen molar-refractivity contribution in [1.82, 2.24) is 10.2 Å². The number of piperidine rings is 1. The van der Waals surface area contributed by atoms with E-state index in [2.05, 4.69) is 42.3 Å². The number of carbonyl (C=O) groups is 2. The number of halogens is 3. The molecule has 0 saturated carbocycles. The summed E-state index contributed by atoms with van der Waals surface area (Å²) in [5, 5.41) is 10.3. The molecule has 1 aromatic rings. The van der Waals surface area contributed by atoms with Crippen LogP contribution in [0.1, 0.15) is 49.8 Å². The van der Waals surface area contributed by atoms with Crippen molar-refractivity contribution >= 4 is 11.9 Å². The van der Waals surface area contributed by atoms with Crippen LogP contribution in [-0.4, -0.2) is 59.4 Å². The first-order chi connectivity index (χ1) is 14.8. The number of nitrogens with one attached hydrogen (secondary N) is 1. The molecule has 3 rings (SSSR count). The molecule has 1 amide bonds. The van der Waals surface area contributed by atoms with E-state index in [0.29, 0.717) is 6.61 Å². The monoisotopic (exact) mass is 458 g/mol. The van der Waals surface area contributed by atoms with Crippen LogP contribution in [0.5, 0.6) is 0 Å². The number of benzene rings is 1. The van der Waals surface area contributed by atoms with Gasteiger partial charge in [-0.15, -0.1) is 0 Å². The second-order valence-corrected chi connectivity index (χ2v) is 9.13. The van der Waals surface area contributed by atoms with E-state index < -0.39 is 12.1 Å². The van der Waals surface area contributed by atoms with Gasteiger partial charge in [-0.3, -0.25) is 9.69 Å². The number of carboxylic acids is 1. The highest BCUT2D eigenvalue weighted by molar-refractivity contribution is 5.78. The van der Waals surface area contributed by atoms with Crippen LogP contribution >= 0.6 is 0 Å². The van der Waals surface area contributed by atoms with Gasteiger partial charge in [0.1, 0.15) is 0 Å². The fourth-order valence-corrected chi connectivity index (χ4v) is 4.19. The van der Waals surface area contributed by atoms with Gasteiger partial charge in [0.05, 0.1) is 18.2 Å². The van der Waals surface area contributed by atoms with Crippen LogP contribution in [0.3, 0.4) is 0 Å². The van der Waals surface area contributed by atoms with E-state index in [1.165, 1.54) is 16.7 Å². The SMILES string of the molecule is Cc1cc(C)cc(CN2CCC3(CC2)CC(NC(=O)C(C)C)CO3)c1.O=C(O)C(F)(F)F. The van der Waals surface area contributed by atoms with Crippen LogP contribution < -0.4 is 5.32 Å². The summed E-state index contributed by atoms with van der Waals surface area (Å²) in [6.45, 7) is 12.0. The average Bonchev–Trinajstić information content (AvgIpc) is 3.05. The number of hydrogen-bond acceptors (Lipinski definition) is 4. The van der Waals surface area contributed by atoms with Crippen molar-refractivity contribution in [2.45, 2.75) is 71.3 Å². The molecule has 0 aliphatic carbocycles. The third kappa shape index (κ3) is 7.78. The van der Waals surface area contributed by atoms with E-state index >= 15 is 0 Å². The normalized spacial score (nSPS) is 20.7. The summed E-state index contributed by atoms with van der Waals surface area (Å²) in [5.74, 6) is -2.58. The predicted octanol–water partition coefficient (Wildman–Crippen LogP) is 3.83. The van der Waals surface area contributed by atoms with Crippen molar-refractivity contribution in [3.05, 3.63) is 34.9 Å². The molecule has 2 saturated heterocycles. The van der Waals surface area contributed by atoms with Gasteiger partial charge in [0.25, 0.3) is 0 Å². The van der Waals surface area contributed by atoms with E-state index in [0.717, 1.165) is 38.9 Å². The molecule has 2 heterocycles. The largest absolute Gasteiger partial charge is 0.490 e. The summed E-state index contributed by atoms with van der Waals surface area (Å²) in [6, 6.07) is 7.00. The van der Waals surface area contributed by atoms with E-state index in [-0.39, 0.29) is 23.5 Å². The number of likely N-dealkylation sites (tertiary alicyclic amines) is 1. The number of alkyl halides is 3. The molecular weight excluding hydrogens is 425 g/mol. The zero-order chi connectivity index (χ0) is 24.1. The first-order valence-electron chi connectivity index (χ1n) is 10.8. The predicted molar refractivity (Wildman–Crippen MR) is 114 cm³/mol. The van der Waals surface area contributed by atoms with Crippen molar-refractivity contribution in [2.24, 2.45) is 5.92 Å². The second-order valence-electron chi connectivity index (χ2n) is 9.13. The quantitative estimate of drug-likeness (QED) is 0.717. The van der Waals surface area contributed by atoms with Crippen molar-refractivity contribution in [3.8, 4) is 0 Å². The van der Waals surface area contributed by atoms with Gasteiger partial charge in [0.15, 0.2) is 0 Å². The van der Waals surface area contributed by atoms with Gasteiger partial charge < -0.3 is 15.2 Å². The lowest BCUT2D eigenvalue weighted by atomic mass is 9.87. The van der Waals surface area contributed by atoms with Crippen molar-refractivity contribution < 1.29 is 32.6 Å². The van der Waals surface area contributed by atoms with Gasteiger partial charge in [-0.1, -0.05) is 43.2 Å². The molecule has 0 radical (unpaired) electrons. The van der Waals surface area contributed by atoms with E-state index in [1.807, 2.05) is 13.8 Å². The zero-order valence-electron chi connectivity index (χ0n) is 19.1. The Bertz CT molecular complexity index is 783. The maximum Gasteiger partial charge on any atom is 0.490 e. The molecule has 2 aliphatic heterocycles. The third-order valence-corrected chi connectivity index (χ3v) is 5.78. The van der Waals surface area contributed by atoms with Crippen LogP contribution in [0.15, 0.2) is 18.2 Å². The molecule has 2 N–H and O–H groups in total. The molecular formula is C23H33F3N2O4. The molecule has 9 heteroatoms. The minimum absolute atomic E-state index is 0.0199. The minimum atomic E-state index is -5.08. The summed E-state index contributed by atoms with van der Waals surface area (Å²) in [5.41, 5.74) is 4.06. The smallest absolute Gasteiger partial charge is 0.475 e. The number of nitrogens with zero attached hydrogens (tertiary/aromatic N) is 1. The fourth-order valence-electron chi connectivity index (χ4n) is 4.19. The molecule has 1 atom stereocenters. The number of carbonyl (C=O) groups excluding carboxylic acids is 1. The highest BCUT2D eigenvalue weighted by Crippen LogP contribution is 2.36. The molecule has 0 aromatic heterocycles. The Kier molecular flexibility index (Phi) is 8.70. The zero-order valence-corrected chi connectivity index (χ0v) is 19.1. The lowest BCUT2D eigenvalue weighted by Crippen LogP contribution is -2.45. The van der Waals surface area contributed by atoms with Crippen LogP contribution in [0, 0.1) is 19.8 Å². The third-order valence-electron chi connectivity index (χ3n) is 5.78. The van der Waals surface area contributed by atoms with E-state index in [9.17, 15) is 18.0 Å². The number of hydrogen-bond donors (Lipinski definition) is 2. The number of rotatable bonds is 4. The van der Waals surface area contributed by atoms with Gasteiger partial charge in [-0.05, 0) is 38.7 Å². The molecule has 2 aliphatic rings.